The lowest BCUT2D eigenvalue weighted by atomic mass is 9.95. The molecule has 0 radical (unpaired) electrons. The molecule has 0 aliphatic carbocycles. The third-order valence-corrected chi connectivity index (χ3v) is 5.08. The van der Waals surface area contributed by atoms with E-state index in [9.17, 15) is 9.59 Å². The van der Waals surface area contributed by atoms with Crippen molar-refractivity contribution in [2.24, 2.45) is 7.05 Å². The zero-order chi connectivity index (χ0) is 19.4. The maximum Gasteiger partial charge on any atom is 0.338 e. The van der Waals surface area contributed by atoms with Gasteiger partial charge in [-0.3, -0.25) is 0 Å². The van der Waals surface area contributed by atoms with Crippen LogP contribution in [-0.2, 0) is 16.6 Å². The number of carbonyl (C=O) groups excluding carboxylic acids is 2. The summed E-state index contributed by atoms with van der Waals surface area (Å²) in [4.78, 5) is 28.8. The lowest BCUT2D eigenvalue weighted by Gasteiger charge is -2.29. The Bertz CT molecular complexity index is 878. The fourth-order valence-corrected chi connectivity index (χ4v) is 3.54. The molecular formula is C17H19N5O4S. The fraction of sp³-hybridized carbons (Fsp3) is 0.294. The Hall–Kier alpha value is -3.01. The number of rotatable bonds is 6. The van der Waals surface area contributed by atoms with Gasteiger partial charge in [-0.15, -0.1) is 0 Å². The van der Waals surface area contributed by atoms with E-state index in [1.807, 2.05) is 0 Å². The van der Waals surface area contributed by atoms with Crippen molar-refractivity contribution in [3.05, 3.63) is 47.4 Å². The Morgan fingerprint density at radius 1 is 1.30 bits per heavy atom. The van der Waals surface area contributed by atoms with Gasteiger partial charge in [0.25, 0.3) is 0 Å². The van der Waals surface area contributed by atoms with Crippen molar-refractivity contribution in [2.75, 3.05) is 20.0 Å². The van der Waals surface area contributed by atoms with Crippen molar-refractivity contribution in [3.63, 3.8) is 0 Å². The summed E-state index contributed by atoms with van der Waals surface area (Å²) < 4.78 is 11.7. The number of aromatic nitrogens is 3. The average Bonchev–Trinajstić information content (AvgIpc) is 3.10. The van der Waals surface area contributed by atoms with Crippen molar-refractivity contribution in [3.8, 4) is 5.75 Å². The molecule has 0 saturated heterocycles. The zero-order valence-electron chi connectivity index (χ0n) is 15.1. The van der Waals surface area contributed by atoms with Crippen LogP contribution in [0.2, 0.25) is 0 Å². The second-order valence-electron chi connectivity index (χ2n) is 5.64. The number of urea groups is 1. The number of thioether (sulfide) groups is 1. The molecule has 2 N–H and O–H groups in total. The minimum absolute atomic E-state index is 0.330. The number of amides is 2. The van der Waals surface area contributed by atoms with Crippen LogP contribution >= 0.6 is 11.8 Å². The molecular weight excluding hydrogens is 370 g/mol. The minimum atomic E-state index is -0.632. The summed E-state index contributed by atoms with van der Waals surface area (Å²) in [5.41, 5.74) is 1.56. The van der Waals surface area contributed by atoms with Gasteiger partial charge in [0, 0.05) is 18.5 Å². The van der Waals surface area contributed by atoms with Crippen LogP contribution in [0.1, 0.15) is 11.6 Å². The number of benzene rings is 1. The van der Waals surface area contributed by atoms with Gasteiger partial charge in [0.2, 0.25) is 0 Å². The molecule has 0 saturated carbocycles. The maximum absolute atomic E-state index is 12.5. The highest BCUT2D eigenvalue weighted by Crippen LogP contribution is 2.30. The molecule has 0 fully saturated rings. The zero-order valence-corrected chi connectivity index (χ0v) is 15.9. The summed E-state index contributed by atoms with van der Waals surface area (Å²) in [7, 11) is 4.65. The van der Waals surface area contributed by atoms with E-state index in [1.165, 1.54) is 25.2 Å². The summed E-state index contributed by atoms with van der Waals surface area (Å²) >= 11 is 1.36. The van der Waals surface area contributed by atoms with Gasteiger partial charge in [0.15, 0.2) is 5.16 Å². The van der Waals surface area contributed by atoms with Crippen molar-refractivity contribution in [1.82, 2.24) is 25.4 Å². The van der Waals surface area contributed by atoms with Crippen LogP contribution in [0.5, 0.6) is 5.75 Å². The lowest BCUT2D eigenvalue weighted by molar-refractivity contribution is -0.136. The summed E-state index contributed by atoms with van der Waals surface area (Å²) in [5, 5.41) is 10.2. The van der Waals surface area contributed by atoms with E-state index in [4.69, 9.17) is 9.47 Å². The predicted octanol–water partition coefficient (Wildman–Crippen LogP) is 1.40. The maximum atomic E-state index is 12.5. The molecule has 1 aliphatic heterocycles. The number of methoxy groups -OCH3 is 2. The van der Waals surface area contributed by atoms with Crippen LogP contribution in [0, 0.1) is 0 Å². The molecule has 142 valence electrons. The number of hydrogen-bond donors (Lipinski definition) is 2. The molecule has 9 nitrogen and oxygen atoms in total. The van der Waals surface area contributed by atoms with Crippen LogP contribution in [0.15, 0.2) is 47.0 Å². The first-order chi connectivity index (χ1) is 13.0. The molecule has 1 aromatic heterocycles. The number of aryl methyl sites for hydroxylation is 1. The minimum Gasteiger partial charge on any atom is -0.497 e. The standard InChI is InChI=1S/C17H19N5O4S/c1-22-17(18-9-19-22)27-8-12-13(15(23)26-3)14(21-16(24)20-12)10-4-6-11(25-2)7-5-10/h4-7,9,14H,8H2,1-3H3,(H2,20,21,24)/t14-/m0/s1. The first-order valence-electron chi connectivity index (χ1n) is 8.03. The molecule has 3 rings (SSSR count). The first kappa shape index (κ1) is 18.8. The molecule has 0 spiro atoms. The third kappa shape index (κ3) is 4.05. The van der Waals surface area contributed by atoms with Gasteiger partial charge < -0.3 is 20.1 Å². The Labute approximate surface area is 160 Å². The van der Waals surface area contributed by atoms with E-state index in [0.717, 1.165) is 5.56 Å². The highest BCUT2D eigenvalue weighted by atomic mass is 32.2. The van der Waals surface area contributed by atoms with Gasteiger partial charge >= 0.3 is 12.0 Å². The number of hydrogen-bond acceptors (Lipinski definition) is 7. The van der Waals surface area contributed by atoms with Gasteiger partial charge in [0.1, 0.15) is 12.1 Å². The van der Waals surface area contributed by atoms with Gasteiger partial charge in [-0.05, 0) is 17.7 Å². The molecule has 2 aromatic rings. The normalized spacial score (nSPS) is 16.6. The van der Waals surface area contributed by atoms with E-state index < -0.39 is 18.0 Å². The highest BCUT2D eigenvalue weighted by molar-refractivity contribution is 7.99. The number of nitrogens with one attached hydrogen (secondary N) is 2. The van der Waals surface area contributed by atoms with E-state index >= 15 is 0 Å². The largest absolute Gasteiger partial charge is 0.497 e. The second-order valence-corrected chi connectivity index (χ2v) is 6.59. The molecule has 1 aromatic carbocycles. The first-order valence-corrected chi connectivity index (χ1v) is 9.01. The van der Waals surface area contributed by atoms with Gasteiger partial charge in [-0.2, -0.15) is 5.10 Å². The topological polar surface area (TPSA) is 107 Å². The van der Waals surface area contributed by atoms with Crippen LogP contribution in [0.25, 0.3) is 0 Å². The van der Waals surface area contributed by atoms with Gasteiger partial charge in [-0.1, -0.05) is 23.9 Å². The number of esters is 1. The highest BCUT2D eigenvalue weighted by Gasteiger charge is 2.33. The molecule has 27 heavy (non-hydrogen) atoms. The van der Waals surface area contributed by atoms with E-state index in [2.05, 4.69) is 20.7 Å². The van der Waals surface area contributed by atoms with Crippen LogP contribution in [0.4, 0.5) is 4.79 Å². The van der Waals surface area contributed by atoms with Gasteiger partial charge in [-0.25, -0.2) is 19.3 Å². The van der Waals surface area contributed by atoms with Crippen molar-refractivity contribution < 1.29 is 19.1 Å². The van der Waals surface area contributed by atoms with Crippen molar-refractivity contribution in [1.29, 1.82) is 0 Å². The van der Waals surface area contributed by atoms with Crippen LogP contribution in [0.3, 0.4) is 0 Å². The molecule has 2 heterocycles. The monoisotopic (exact) mass is 389 g/mol. The Morgan fingerprint density at radius 3 is 2.63 bits per heavy atom. The van der Waals surface area contributed by atoms with E-state index in [0.29, 0.717) is 27.9 Å². The summed E-state index contributed by atoms with van der Waals surface area (Å²) in [6.07, 6.45) is 1.44. The summed E-state index contributed by atoms with van der Waals surface area (Å²) in [6.45, 7) is 0. The Morgan fingerprint density at radius 2 is 2.04 bits per heavy atom. The summed E-state index contributed by atoms with van der Waals surface area (Å²) in [6, 6.07) is 6.11. The van der Waals surface area contributed by atoms with E-state index in [-0.39, 0.29) is 0 Å². The second kappa shape index (κ2) is 8.12. The van der Waals surface area contributed by atoms with Crippen LogP contribution < -0.4 is 15.4 Å². The Balaban J connectivity index is 1.96. The van der Waals surface area contributed by atoms with Crippen molar-refractivity contribution >= 4 is 23.8 Å². The van der Waals surface area contributed by atoms with E-state index in [1.54, 1.807) is 43.1 Å². The van der Waals surface area contributed by atoms with Gasteiger partial charge in [0.05, 0.1) is 25.8 Å². The number of ether oxygens (including phenoxy) is 2. The number of carbonyl (C=O) groups is 2. The lowest BCUT2D eigenvalue weighted by Crippen LogP contribution is -2.46. The van der Waals surface area contributed by atoms with Crippen molar-refractivity contribution in [2.45, 2.75) is 11.2 Å². The molecule has 1 atom stereocenters. The fourth-order valence-electron chi connectivity index (χ4n) is 2.68. The molecule has 2 amide bonds. The van der Waals surface area contributed by atoms with Crippen LogP contribution in [-0.4, -0.2) is 46.7 Å². The third-order valence-electron chi connectivity index (χ3n) is 4.02. The quantitative estimate of drug-likeness (QED) is 0.568. The SMILES string of the molecule is COC(=O)C1=C(CSc2ncnn2C)NC(=O)N[C@H]1c1ccc(OC)cc1. The smallest absolute Gasteiger partial charge is 0.338 e. The molecule has 0 bridgehead atoms. The molecule has 0 unspecified atom stereocenters. The number of nitrogens with zero attached hydrogens (tertiary/aromatic N) is 3. The average molecular weight is 389 g/mol. The molecule has 10 heteroatoms. The Kier molecular flexibility index (Phi) is 5.65. The summed E-state index contributed by atoms with van der Waals surface area (Å²) in [5.74, 6) is 0.495. The predicted molar refractivity (Wildman–Crippen MR) is 98.2 cm³/mol. The molecule has 1 aliphatic rings.